The maximum atomic E-state index is 12.9. The van der Waals surface area contributed by atoms with Gasteiger partial charge >= 0.3 is 0 Å². The van der Waals surface area contributed by atoms with Crippen LogP contribution in [0.3, 0.4) is 0 Å². The van der Waals surface area contributed by atoms with E-state index in [-0.39, 0.29) is 12.0 Å². The smallest absolute Gasteiger partial charge is 0.274 e. The van der Waals surface area contributed by atoms with E-state index in [9.17, 15) is 4.79 Å². The summed E-state index contributed by atoms with van der Waals surface area (Å²) in [5, 5.41) is 1.84. The van der Waals surface area contributed by atoms with Crippen LogP contribution in [0, 0.1) is 0 Å². The lowest BCUT2D eigenvalue weighted by atomic mass is 10.1. The van der Waals surface area contributed by atoms with Crippen LogP contribution >= 0.6 is 11.3 Å². The molecule has 4 aromatic rings. The molecule has 2 aromatic heterocycles. The predicted octanol–water partition coefficient (Wildman–Crippen LogP) is 4.41. The average molecular weight is 436 g/mol. The van der Waals surface area contributed by atoms with Gasteiger partial charge in [-0.05, 0) is 23.8 Å². The van der Waals surface area contributed by atoms with Gasteiger partial charge in [0.05, 0.1) is 23.7 Å². The van der Waals surface area contributed by atoms with Gasteiger partial charge in [0.2, 0.25) is 5.91 Å². The molecule has 0 saturated carbocycles. The van der Waals surface area contributed by atoms with E-state index in [1.165, 1.54) is 0 Å². The molecule has 2 aromatic carbocycles. The number of hydrogen-bond donors (Lipinski definition) is 0. The molecule has 0 unspecified atom stereocenters. The highest BCUT2D eigenvalue weighted by atomic mass is 32.1. The molecule has 3 heterocycles. The molecule has 1 aliphatic heterocycles. The summed E-state index contributed by atoms with van der Waals surface area (Å²) in [6, 6.07) is 14.1. The lowest BCUT2D eigenvalue weighted by Gasteiger charge is -2.31. The number of aryl methyl sites for hydroxylation is 1. The topological polar surface area (TPSA) is 56.6 Å². The van der Waals surface area contributed by atoms with E-state index >= 15 is 0 Å². The van der Waals surface area contributed by atoms with Crippen LogP contribution < -0.4 is 9.47 Å². The Morgan fingerprint density at radius 2 is 2.00 bits per heavy atom. The minimum absolute atomic E-state index is 0.0871. The first-order valence-electron chi connectivity index (χ1n) is 10.5. The van der Waals surface area contributed by atoms with Crippen LogP contribution in [0.4, 0.5) is 0 Å². The number of aromatic nitrogens is 2. The van der Waals surface area contributed by atoms with Crippen molar-refractivity contribution in [2.75, 3.05) is 20.2 Å². The molecule has 31 heavy (non-hydrogen) atoms. The number of methoxy groups -OCH3 is 1. The number of benzene rings is 2. The molecule has 5 rings (SSSR count). The van der Waals surface area contributed by atoms with Gasteiger partial charge in [0.25, 0.3) is 5.19 Å². The van der Waals surface area contributed by atoms with Crippen LogP contribution in [0.25, 0.3) is 21.1 Å². The third-order valence-corrected chi connectivity index (χ3v) is 6.89. The molecule has 160 valence electrons. The van der Waals surface area contributed by atoms with Gasteiger partial charge in [0.15, 0.2) is 0 Å². The number of ether oxygens (including phenoxy) is 2. The molecular formula is C24H25N3O3S. The van der Waals surface area contributed by atoms with Crippen LogP contribution in [0.2, 0.25) is 0 Å². The third-order valence-electron chi connectivity index (χ3n) is 5.96. The molecule has 6 nitrogen and oxygen atoms in total. The van der Waals surface area contributed by atoms with Crippen molar-refractivity contribution in [2.24, 2.45) is 7.05 Å². The van der Waals surface area contributed by atoms with Crippen molar-refractivity contribution in [2.45, 2.75) is 25.4 Å². The molecule has 1 aliphatic rings. The van der Waals surface area contributed by atoms with Gasteiger partial charge < -0.3 is 18.9 Å². The van der Waals surface area contributed by atoms with Crippen LogP contribution in [-0.2, 0) is 18.3 Å². The van der Waals surface area contributed by atoms with E-state index in [1.54, 1.807) is 18.4 Å². The van der Waals surface area contributed by atoms with Gasteiger partial charge in [0, 0.05) is 56.1 Å². The number of rotatable bonds is 5. The van der Waals surface area contributed by atoms with Crippen LogP contribution in [0.5, 0.6) is 10.9 Å². The average Bonchev–Trinajstić information content (AvgIpc) is 3.34. The second kappa shape index (κ2) is 8.23. The number of likely N-dealkylation sites (tertiary alicyclic amines) is 1. The molecule has 0 bridgehead atoms. The van der Waals surface area contributed by atoms with Crippen molar-refractivity contribution >= 4 is 38.4 Å². The molecule has 0 aliphatic carbocycles. The first kappa shape index (κ1) is 19.9. The molecule has 0 spiro atoms. The lowest BCUT2D eigenvalue weighted by molar-refractivity contribution is -0.132. The number of thiazole rings is 1. The number of para-hydroxylation sites is 1. The first-order valence-corrected chi connectivity index (χ1v) is 11.3. The monoisotopic (exact) mass is 435 g/mol. The van der Waals surface area contributed by atoms with Crippen molar-refractivity contribution in [3.8, 4) is 10.9 Å². The maximum absolute atomic E-state index is 12.9. The summed E-state index contributed by atoms with van der Waals surface area (Å²) in [5.74, 6) is 0.976. The Balaban J connectivity index is 1.19. The zero-order valence-corrected chi connectivity index (χ0v) is 18.5. The second-order valence-electron chi connectivity index (χ2n) is 7.97. The highest BCUT2D eigenvalue weighted by molar-refractivity contribution is 7.20. The number of carbonyl (C=O) groups is 1. The van der Waals surface area contributed by atoms with Crippen molar-refractivity contribution in [1.29, 1.82) is 0 Å². The van der Waals surface area contributed by atoms with Gasteiger partial charge in [-0.3, -0.25) is 4.79 Å². The Labute approximate surface area is 185 Å². The van der Waals surface area contributed by atoms with Gasteiger partial charge in [0.1, 0.15) is 11.9 Å². The third kappa shape index (κ3) is 3.97. The van der Waals surface area contributed by atoms with Gasteiger partial charge in [-0.25, -0.2) is 4.98 Å². The number of piperidine rings is 1. The van der Waals surface area contributed by atoms with Crippen LogP contribution in [0.15, 0.2) is 48.7 Å². The highest BCUT2D eigenvalue weighted by Crippen LogP contribution is 2.32. The minimum atomic E-state index is 0.0871. The molecule has 1 fully saturated rings. The standard InChI is InChI=1S/C24H25N3O3S/c1-26-15-16(19-5-3-4-6-21(19)26)13-23(28)27-11-9-17(10-12-27)30-24-25-20-14-18(29-2)7-8-22(20)31-24/h3-8,14-15,17H,9-13H2,1-2H3. The normalized spacial score (nSPS) is 15.0. The van der Waals surface area contributed by atoms with Gasteiger partial charge in [-0.15, -0.1) is 0 Å². The van der Waals surface area contributed by atoms with E-state index in [1.807, 2.05) is 42.3 Å². The Kier molecular flexibility index (Phi) is 5.28. The number of hydrogen-bond acceptors (Lipinski definition) is 5. The maximum Gasteiger partial charge on any atom is 0.274 e. The lowest BCUT2D eigenvalue weighted by Crippen LogP contribution is -2.42. The summed E-state index contributed by atoms with van der Waals surface area (Å²) in [6.07, 6.45) is 4.23. The van der Waals surface area contributed by atoms with Gasteiger partial charge in [-0.1, -0.05) is 29.5 Å². The quantitative estimate of drug-likeness (QED) is 0.466. The summed E-state index contributed by atoms with van der Waals surface area (Å²) in [4.78, 5) is 19.5. The van der Waals surface area contributed by atoms with Crippen molar-refractivity contribution in [3.05, 3.63) is 54.2 Å². The largest absolute Gasteiger partial charge is 0.497 e. The molecule has 7 heteroatoms. The van der Waals surface area contributed by atoms with Crippen LogP contribution in [-0.4, -0.2) is 46.7 Å². The SMILES string of the molecule is COc1ccc2sc(OC3CCN(C(=O)Cc4cn(C)c5ccccc45)CC3)nc2c1. The Morgan fingerprint density at radius 1 is 1.19 bits per heavy atom. The highest BCUT2D eigenvalue weighted by Gasteiger charge is 2.25. The molecule has 0 radical (unpaired) electrons. The summed E-state index contributed by atoms with van der Waals surface area (Å²) in [7, 11) is 3.68. The number of nitrogens with zero attached hydrogens (tertiary/aromatic N) is 3. The van der Waals surface area contributed by atoms with Gasteiger partial charge in [-0.2, -0.15) is 0 Å². The van der Waals surface area contributed by atoms with E-state index in [2.05, 4.69) is 27.9 Å². The summed E-state index contributed by atoms with van der Waals surface area (Å²) in [6.45, 7) is 1.43. The fourth-order valence-corrected chi connectivity index (χ4v) is 5.13. The predicted molar refractivity (Wildman–Crippen MR) is 123 cm³/mol. The Morgan fingerprint density at radius 3 is 2.81 bits per heavy atom. The fourth-order valence-electron chi connectivity index (χ4n) is 4.27. The van der Waals surface area contributed by atoms with Crippen molar-refractivity contribution in [3.63, 3.8) is 0 Å². The minimum Gasteiger partial charge on any atom is -0.497 e. The van der Waals surface area contributed by atoms with E-state index < -0.39 is 0 Å². The second-order valence-corrected chi connectivity index (χ2v) is 8.96. The van der Waals surface area contributed by atoms with E-state index in [0.717, 1.165) is 45.3 Å². The summed E-state index contributed by atoms with van der Waals surface area (Å²) >= 11 is 1.55. The van der Waals surface area contributed by atoms with E-state index in [4.69, 9.17) is 9.47 Å². The molecule has 0 atom stereocenters. The van der Waals surface area contributed by atoms with Crippen molar-refractivity contribution < 1.29 is 14.3 Å². The fraction of sp³-hybridized carbons (Fsp3) is 0.333. The molecule has 1 saturated heterocycles. The Bertz CT molecular complexity index is 1240. The molecule has 0 N–H and O–H groups in total. The zero-order chi connectivity index (χ0) is 21.4. The van der Waals surface area contributed by atoms with Crippen LogP contribution in [0.1, 0.15) is 18.4 Å². The summed E-state index contributed by atoms with van der Waals surface area (Å²) in [5.41, 5.74) is 3.14. The first-order chi connectivity index (χ1) is 15.1. The summed E-state index contributed by atoms with van der Waals surface area (Å²) < 4.78 is 14.6. The number of fused-ring (bicyclic) bond motifs is 2. The number of amides is 1. The zero-order valence-electron chi connectivity index (χ0n) is 17.7. The van der Waals surface area contributed by atoms with E-state index in [0.29, 0.717) is 24.7 Å². The Hall–Kier alpha value is -3.06. The van der Waals surface area contributed by atoms with Crippen molar-refractivity contribution in [1.82, 2.24) is 14.5 Å². The number of carbonyl (C=O) groups excluding carboxylic acids is 1. The molecular weight excluding hydrogens is 410 g/mol. The molecule has 1 amide bonds.